The van der Waals surface area contributed by atoms with Crippen LogP contribution in [0.15, 0.2) is 22.7 Å². The molecule has 5 heteroatoms. The summed E-state index contributed by atoms with van der Waals surface area (Å²) in [6, 6.07) is 4.89. The molecule has 1 aliphatic rings. The lowest BCUT2D eigenvalue weighted by atomic mass is 10.1. The van der Waals surface area contributed by atoms with Crippen molar-refractivity contribution in [3.05, 3.63) is 28.2 Å². The Balaban J connectivity index is 2.03. The van der Waals surface area contributed by atoms with Crippen molar-refractivity contribution in [2.24, 2.45) is 0 Å². The Morgan fingerprint density at radius 1 is 1.58 bits per heavy atom. The summed E-state index contributed by atoms with van der Waals surface area (Å²) < 4.78 is 12.2. The van der Waals surface area contributed by atoms with Crippen molar-refractivity contribution in [3.8, 4) is 5.75 Å². The van der Waals surface area contributed by atoms with Gasteiger partial charge in [-0.25, -0.2) is 4.79 Å². The van der Waals surface area contributed by atoms with E-state index in [4.69, 9.17) is 14.6 Å². The largest absolute Gasteiger partial charge is 0.490 e. The van der Waals surface area contributed by atoms with Gasteiger partial charge in [-0.1, -0.05) is 15.9 Å². The maximum absolute atomic E-state index is 11.1. The Hall–Kier alpha value is -1.07. The molecular weight excluding hydrogens is 312 g/mol. The molecule has 1 aromatic rings. The van der Waals surface area contributed by atoms with E-state index in [-0.39, 0.29) is 17.3 Å². The van der Waals surface area contributed by atoms with Crippen molar-refractivity contribution in [1.29, 1.82) is 0 Å². The zero-order valence-corrected chi connectivity index (χ0v) is 12.6. The molecule has 1 unspecified atom stereocenters. The summed E-state index contributed by atoms with van der Waals surface area (Å²) in [4.78, 5) is 11.1. The summed E-state index contributed by atoms with van der Waals surface area (Å²) in [6.07, 6.45) is 1.95. The van der Waals surface area contributed by atoms with Crippen LogP contribution in [0.4, 0.5) is 0 Å². The second-order valence-corrected chi connectivity index (χ2v) is 6.21. The molecule has 19 heavy (non-hydrogen) atoms. The third kappa shape index (κ3) is 3.70. The number of ether oxygens (including phenoxy) is 2. The van der Waals surface area contributed by atoms with Gasteiger partial charge in [-0.05, 0) is 44.9 Å². The Bertz CT molecular complexity index is 484. The summed E-state index contributed by atoms with van der Waals surface area (Å²) in [7, 11) is 0. The van der Waals surface area contributed by atoms with Crippen molar-refractivity contribution in [1.82, 2.24) is 0 Å². The van der Waals surface area contributed by atoms with E-state index in [0.717, 1.165) is 17.3 Å². The zero-order chi connectivity index (χ0) is 14.0. The van der Waals surface area contributed by atoms with Gasteiger partial charge in [0.1, 0.15) is 17.9 Å². The van der Waals surface area contributed by atoms with Crippen LogP contribution in [0.5, 0.6) is 5.75 Å². The number of hydrogen-bond donors (Lipinski definition) is 1. The quantitative estimate of drug-likeness (QED) is 0.919. The number of carboxylic acid groups (broad SMARTS) is 1. The van der Waals surface area contributed by atoms with Gasteiger partial charge in [0, 0.05) is 4.47 Å². The summed E-state index contributed by atoms with van der Waals surface area (Å²) in [5.41, 5.74) is 0.0569. The molecule has 4 nitrogen and oxygen atoms in total. The Labute approximate surface area is 120 Å². The highest BCUT2D eigenvalue weighted by Crippen LogP contribution is 2.30. The SMILES string of the molecule is CC1(C)CCC(COc2cc(Br)ccc2C(=O)O)O1. The van der Waals surface area contributed by atoms with Gasteiger partial charge >= 0.3 is 5.97 Å². The molecule has 1 heterocycles. The van der Waals surface area contributed by atoms with Gasteiger partial charge in [-0.2, -0.15) is 0 Å². The van der Waals surface area contributed by atoms with Gasteiger partial charge in [-0.3, -0.25) is 0 Å². The number of halogens is 1. The van der Waals surface area contributed by atoms with Crippen LogP contribution in [0.1, 0.15) is 37.0 Å². The second kappa shape index (κ2) is 5.51. The molecule has 104 valence electrons. The predicted octanol–water partition coefficient (Wildman–Crippen LogP) is 3.48. The molecule has 0 aliphatic carbocycles. The number of carboxylic acids is 1. The van der Waals surface area contributed by atoms with Crippen LogP contribution < -0.4 is 4.74 Å². The summed E-state index contributed by atoms with van der Waals surface area (Å²) in [5.74, 6) is -0.620. The Morgan fingerprint density at radius 2 is 2.32 bits per heavy atom. The molecule has 1 aliphatic heterocycles. The molecule has 1 N–H and O–H groups in total. The fraction of sp³-hybridized carbons (Fsp3) is 0.500. The van der Waals surface area contributed by atoms with Crippen molar-refractivity contribution in [2.75, 3.05) is 6.61 Å². The summed E-state index contributed by atoms with van der Waals surface area (Å²) in [6.45, 7) is 4.48. The van der Waals surface area contributed by atoms with Crippen molar-refractivity contribution in [2.45, 2.75) is 38.4 Å². The molecule has 0 spiro atoms. The van der Waals surface area contributed by atoms with E-state index >= 15 is 0 Å². The van der Waals surface area contributed by atoms with E-state index in [0.29, 0.717) is 12.4 Å². The van der Waals surface area contributed by atoms with Crippen LogP contribution in [0, 0.1) is 0 Å². The number of hydrogen-bond acceptors (Lipinski definition) is 3. The first kappa shape index (κ1) is 14.3. The molecule has 0 aromatic heterocycles. The average molecular weight is 329 g/mol. The number of aromatic carboxylic acids is 1. The van der Waals surface area contributed by atoms with E-state index in [1.165, 1.54) is 6.07 Å². The average Bonchev–Trinajstić information content (AvgIpc) is 2.66. The van der Waals surface area contributed by atoms with Gasteiger partial charge in [0.15, 0.2) is 0 Å². The number of rotatable bonds is 4. The Kier molecular flexibility index (Phi) is 4.16. The first-order chi connectivity index (χ1) is 8.87. The maximum atomic E-state index is 11.1. The third-order valence-corrected chi connectivity index (χ3v) is 3.65. The van der Waals surface area contributed by atoms with Gasteiger partial charge in [0.25, 0.3) is 0 Å². The van der Waals surface area contributed by atoms with E-state index < -0.39 is 5.97 Å². The first-order valence-electron chi connectivity index (χ1n) is 6.21. The number of carbonyl (C=O) groups is 1. The topological polar surface area (TPSA) is 55.8 Å². The fourth-order valence-electron chi connectivity index (χ4n) is 2.17. The highest BCUT2D eigenvalue weighted by atomic mass is 79.9. The molecule has 1 fully saturated rings. The third-order valence-electron chi connectivity index (χ3n) is 3.15. The van der Waals surface area contributed by atoms with Crippen molar-refractivity contribution >= 4 is 21.9 Å². The van der Waals surface area contributed by atoms with E-state index in [1.54, 1.807) is 12.1 Å². The summed E-state index contributed by atoms with van der Waals surface area (Å²) in [5, 5.41) is 9.11. The monoisotopic (exact) mass is 328 g/mol. The summed E-state index contributed by atoms with van der Waals surface area (Å²) >= 11 is 3.31. The molecule has 1 aromatic carbocycles. The highest BCUT2D eigenvalue weighted by molar-refractivity contribution is 9.10. The lowest BCUT2D eigenvalue weighted by Crippen LogP contribution is -2.24. The first-order valence-corrected chi connectivity index (χ1v) is 7.00. The van der Waals surface area contributed by atoms with Gasteiger partial charge in [-0.15, -0.1) is 0 Å². The van der Waals surface area contributed by atoms with Crippen LogP contribution in [0.3, 0.4) is 0 Å². The van der Waals surface area contributed by atoms with Crippen LogP contribution in [0.25, 0.3) is 0 Å². The van der Waals surface area contributed by atoms with E-state index in [2.05, 4.69) is 29.8 Å². The van der Waals surface area contributed by atoms with E-state index in [9.17, 15) is 4.79 Å². The minimum absolute atomic E-state index is 0.0237. The molecular formula is C14H17BrO4. The van der Waals surface area contributed by atoms with Crippen LogP contribution >= 0.6 is 15.9 Å². The lowest BCUT2D eigenvalue weighted by Gasteiger charge is -2.19. The lowest BCUT2D eigenvalue weighted by molar-refractivity contribution is -0.0328. The standard InChI is InChI=1S/C14H17BrO4/c1-14(2)6-5-10(19-14)8-18-12-7-9(15)3-4-11(12)13(16)17/h3-4,7,10H,5-6,8H2,1-2H3,(H,16,17). The highest BCUT2D eigenvalue weighted by Gasteiger charge is 2.32. The number of benzene rings is 1. The molecule has 2 rings (SSSR count). The molecule has 0 bridgehead atoms. The normalized spacial score (nSPS) is 21.3. The van der Waals surface area contributed by atoms with Crippen molar-refractivity contribution < 1.29 is 19.4 Å². The fourth-order valence-corrected chi connectivity index (χ4v) is 2.51. The molecule has 1 atom stereocenters. The zero-order valence-electron chi connectivity index (χ0n) is 11.0. The van der Waals surface area contributed by atoms with Crippen LogP contribution in [-0.4, -0.2) is 29.4 Å². The molecule has 1 saturated heterocycles. The molecule has 0 radical (unpaired) electrons. The van der Waals surface area contributed by atoms with Crippen LogP contribution in [0.2, 0.25) is 0 Å². The van der Waals surface area contributed by atoms with Gasteiger partial charge in [0.2, 0.25) is 0 Å². The smallest absolute Gasteiger partial charge is 0.339 e. The maximum Gasteiger partial charge on any atom is 0.339 e. The predicted molar refractivity (Wildman–Crippen MR) is 74.8 cm³/mol. The van der Waals surface area contributed by atoms with Gasteiger partial charge < -0.3 is 14.6 Å². The second-order valence-electron chi connectivity index (χ2n) is 5.29. The van der Waals surface area contributed by atoms with Crippen LogP contribution in [-0.2, 0) is 4.74 Å². The van der Waals surface area contributed by atoms with Crippen molar-refractivity contribution in [3.63, 3.8) is 0 Å². The van der Waals surface area contributed by atoms with Gasteiger partial charge in [0.05, 0.1) is 11.7 Å². The Morgan fingerprint density at radius 3 is 2.89 bits per heavy atom. The molecule has 0 saturated carbocycles. The molecule has 0 amide bonds. The minimum Gasteiger partial charge on any atom is -0.490 e. The van der Waals surface area contributed by atoms with E-state index in [1.807, 2.05) is 0 Å². The minimum atomic E-state index is -0.991.